The topological polar surface area (TPSA) is 30.5 Å². The minimum Gasteiger partial charge on any atom is -0.380 e. The van der Waals surface area contributed by atoms with E-state index in [1.165, 1.54) is 11.1 Å². The zero-order chi connectivity index (χ0) is 13.7. The maximum Gasteiger partial charge on any atom is 0.0713 e. The number of hydrogen-bond donors (Lipinski definition) is 1. The molecule has 3 nitrogen and oxygen atoms in total. The molecule has 1 aromatic rings. The molecule has 1 fully saturated rings. The van der Waals surface area contributed by atoms with Crippen LogP contribution in [0.2, 0.25) is 0 Å². The largest absolute Gasteiger partial charge is 0.380 e. The molecule has 1 aromatic carbocycles. The fourth-order valence-corrected chi connectivity index (χ4v) is 2.59. The summed E-state index contributed by atoms with van der Waals surface area (Å²) in [6, 6.07) is 8.51. The number of hydrogen-bond acceptors (Lipinski definition) is 3. The molecule has 0 radical (unpaired) electrons. The molecule has 1 aliphatic rings. The lowest BCUT2D eigenvalue weighted by Crippen LogP contribution is -2.29. The van der Waals surface area contributed by atoms with Gasteiger partial charge in [0, 0.05) is 20.2 Å². The van der Waals surface area contributed by atoms with E-state index in [0.717, 1.165) is 25.9 Å². The molecule has 3 heteroatoms. The fourth-order valence-electron chi connectivity index (χ4n) is 2.59. The summed E-state index contributed by atoms with van der Waals surface area (Å²) in [7, 11) is 1.73. The first-order valence-corrected chi connectivity index (χ1v) is 7.04. The van der Waals surface area contributed by atoms with Gasteiger partial charge in [0.05, 0.1) is 18.3 Å². The van der Waals surface area contributed by atoms with E-state index >= 15 is 0 Å². The van der Waals surface area contributed by atoms with E-state index < -0.39 is 0 Å². The van der Waals surface area contributed by atoms with E-state index in [0.29, 0.717) is 12.7 Å². The van der Waals surface area contributed by atoms with Gasteiger partial charge in [0.25, 0.3) is 0 Å². The van der Waals surface area contributed by atoms with Crippen molar-refractivity contribution in [1.29, 1.82) is 0 Å². The van der Waals surface area contributed by atoms with Gasteiger partial charge in [-0.15, -0.1) is 0 Å². The Morgan fingerprint density at radius 1 is 1.37 bits per heavy atom. The summed E-state index contributed by atoms with van der Waals surface area (Å²) in [4.78, 5) is 0. The maximum absolute atomic E-state index is 5.97. The van der Waals surface area contributed by atoms with Gasteiger partial charge in [-0.2, -0.15) is 0 Å². The van der Waals surface area contributed by atoms with E-state index in [2.05, 4.69) is 43.4 Å². The lowest BCUT2D eigenvalue weighted by Gasteiger charge is -2.19. The van der Waals surface area contributed by atoms with Crippen LogP contribution in [0, 0.1) is 0 Å². The molecule has 0 bridgehead atoms. The lowest BCUT2D eigenvalue weighted by atomic mass is 10.1. The second kappa shape index (κ2) is 6.51. The standard InChI is InChI=1S/C16H25NO2/c1-16(2)8-7-15(19-16)11-17-10-13-5-4-6-14(9-13)12-18-3/h4-6,9,15,17H,7-8,10-12H2,1-3H3. The van der Waals surface area contributed by atoms with Gasteiger partial charge in [-0.05, 0) is 37.8 Å². The smallest absolute Gasteiger partial charge is 0.0713 e. The van der Waals surface area contributed by atoms with Crippen LogP contribution in [-0.2, 0) is 22.6 Å². The normalized spacial score (nSPS) is 21.7. The van der Waals surface area contributed by atoms with Crippen LogP contribution < -0.4 is 5.32 Å². The second-order valence-electron chi connectivity index (χ2n) is 5.92. The molecule has 1 heterocycles. The van der Waals surface area contributed by atoms with Crippen LogP contribution in [-0.4, -0.2) is 25.4 Å². The minimum atomic E-state index is 0.0602. The first-order chi connectivity index (χ1) is 9.09. The predicted octanol–water partition coefficient (Wildman–Crippen LogP) is 2.88. The van der Waals surface area contributed by atoms with Crippen molar-refractivity contribution in [2.75, 3.05) is 13.7 Å². The third-order valence-corrected chi connectivity index (χ3v) is 3.56. The van der Waals surface area contributed by atoms with Crippen LogP contribution >= 0.6 is 0 Å². The molecule has 1 saturated heterocycles. The highest BCUT2D eigenvalue weighted by atomic mass is 16.5. The molecule has 19 heavy (non-hydrogen) atoms. The highest BCUT2D eigenvalue weighted by Crippen LogP contribution is 2.28. The molecular weight excluding hydrogens is 238 g/mol. The molecule has 0 aromatic heterocycles. The summed E-state index contributed by atoms with van der Waals surface area (Å²) in [5, 5.41) is 3.48. The van der Waals surface area contributed by atoms with Crippen LogP contribution in [0.25, 0.3) is 0 Å². The minimum absolute atomic E-state index is 0.0602. The van der Waals surface area contributed by atoms with Crippen LogP contribution in [0.1, 0.15) is 37.8 Å². The van der Waals surface area contributed by atoms with Crippen molar-refractivity contribution >= 4 is 0 Å². The van der Waals surface area contributed by atoms with Gasteiger partial charge in [0.1, 0.15) is 0 Å². The Morgan fingerprint density at radius 3 is 2.84 bits per heavy atom. The average molecular weight is 263 g/mol. The molecule has 0 aliphatic carbocycles. The second-order valence-corrected chi connectivity index (χ2v) is 5.92. The summed E-state index contributed by atoms with van der Waals surface area (Å²) >= 11 is 0. The molecule has 1 N–H and O–H groups in total. The van der Waals surface area contributed by atoms with Gasteiger partial charge in [0.15, 0.2) is 0 Å². The Hall–Kier alpha value is -0.900. The molecule has 1 atom stereocenters. The third-order valence-electron chi connectivity index (χ3n) is 3.56. The molecule has 0 spiro atoms. The van der Waals surface area contributed by atoms with Crippen molar-refractivity contribution in [2.45, 2.75) is 51.5 Å². The SMILES string of the molecule is COCc1cccc(CNCC2CCC(C)(C)O2)c1. The summed E-state index contributed by atoms with van der Waals surface area (Å²) < 4.78 is 11.1. The van der Waals surface area contributed by atoms with E-state index in [4.69, 9.17) is 9.47 Å². The summed E-state index contributed by atoms with van der Waals surface area (Å²) in [5.41, 5.74) is 2.58. The van der Waals surface area contributed by atoms with Gasteiger partial charge in [0.2, 0.25) is 0 Å². The Balaban J connectivity index is 1.75. The molecule has 106 valence electrons. The maximum atomic E-state index is 5.97. The van der Waals surface area contributed by atoms with Crippen LogP contribution in [0.5, 0.6) is 0 Å². The van der Waals surface area contributed by atoms with Crippen molar-refractivity contribution in [3.8, 4) is 0 Å². The van der Waals surface area contributed by atoms with Crippen molar-refractivity contribution < 1.29 is 9.47 Å². The summed E-state index contributed by atoms with van der Waals surface area (Å²) in [6.45, 7) is 6.83. The first-order valence-electron chi connectivity index (χ1n) is 7.04. The Morgan fingerprint density at radius 2 is 2.16 bits per heavy atom. The molecule has 2 rings (SSSR count). The summed E-state index contributed by atoms with van der Waals surface area (Å²) in [5.74, 6) is 0. The first kappa shape index (κ1) is 14.5. The van der Waals surface area contributed by atoms with Crippen molar-refractivity contribution in [2.24, 2.45) is 0 Å². The number of benzene rings is 1. The van der Waals surface area contributed by atoms with Crippen molar-refractivity contribution in [3.05, 3.63) is 35.4 Å². The van der Waals surface area contributed by atoms with Gasteiger partial charge in [-0.1, -0.05) is 24.3 Å². The van der Waals surface area contributed by atoms with Crippen LogP contribution in [0.4, 0.5) is 0 Å². The fraction of sp³-hybridized carbons (Fsp3) is 0.625. The van der Waals surface area contributed by atoms with Crippen LogP contribution in [0.3, 0.4) is 0 Å². The molecule has 0 amide bonds. The van der Waals surface area contributed by atoms with Crippen molar-refractivity contribution in [1.82, 2.24) is 5.32 Å². The Bertz CT molecular complexity index is 403. The highest BCUT2D eigenvalue weighted by molar-refractivity contribution is 5.22. The lowest BCUT2D eigenvalue weighted by molar-refractivity contribution is -0.0142. The van der Waals surface area contributed by atoms with Crippen LogP contribution in [0.15, 0.2) is 24.3 Å². The number of rotatable bonds is 6. The number of nitrogens with one attached hydrogen (secondary N) is 1. The quantitative estimate of drug-likeness (QED) is 0.856. The van der Waals surface area contributed by atoms with Gasteiger partial charge >= 0.3 is 0 Å². The zero-order valence-electron chi connectivity index (χ0n) is 12.2. The highest BCUT2D eigenvalue weighted by Gasteiger charge is 2.30. The summed E-state index contributed by atoms with van der Waals surface area (Å²) in [6.07, 6.45) is 2.67. The molecular formula is C16H25NO2. The van der Waals surface area contributed by atoms with Crippen molar-refractivity contribution in [3.63, 3.8) is 0 Å². The van der Waals surface area contributed by atoms with E-state index in [1.54, 1.807) is 7.11 Å². The molecule has 0 saturated carbocycles. The zero-order valence-corrected chi connectivity index (χ0v) is 12.2. The van der Waals surface area contributed by atoms with E-state index in [-0.39, 0.29) is 5.60 Å². The van der Waals surface area contributed by atoms with Gasteiger partial charge in [-0.25, -0.2) is 0 Å². The predicted molar refractivity (Wildman–Crippen MR) is 77.0 cm³/mol. The molecule has 1 unspecified atom stereocenters. The molecule has 1 aliphatic heterocycles. The number of ether oxygens (including phenoxy) is 2. The van der Waals surface area contributed by atoms with Gasteiger partial charge in [-0.3, -0.25) is 0 Å². The Kier molecular flexibility index (Phi) is 4.97. The van der Waals surface area contributed by atoms with E-state index in [9.17, 15) is 0 Å². The third kappa shape index (κ3) is 4.60. The average Bonchev–Trinajstić information content (AvgIpc) is 2.70. The van der Waals surface area contributed by atoms with Gasteiger partial charge < -0.3 is 14.8 Å². The Labute approximate surface area is 116 Å². The van der Waals surface area contributed by atoms with E-state index in [1.807, 2.05) is 0 Å². The monoisotopic (exact) mass is 263 g/mol. The number of methoxy groups -OCH3 is 1.